The summed E-state index contributed by atoms with van der Waals surface area (Å²) in [5.41, 5.74) is 6.16. The summed E-state index contributed by atoms with van der Waals surface area (Å²) in [6, 6.07) is 4.32. The minimum atomic E-state index is -0.319. The number of hydrogen-bond donors (Lipinski definition) is 2. The lowest BCUT2D eigenvalue weighted by molar-refractivity contribution is 0.467. The number of benzene rings is 1. The fourth-order valence-corrected chi connectivity index (χ4v) is 1.71. The SMILES string of the molecule is NCC1CC1c1ccc(O)cc1F. The smallest absolute Gasteiger partial charge is 0.130 e. The Morgan fingerprint density at radius 2 is 2.31 bits per heavy atom. The average molecular weight is 181 g/mol. The Hall–Kier alpha value is -1.09. The van der Waals surface area contributed by atoms with E-state index in [4.69, 9.17) is 10.8 Å². The Kier molecular flexibility index (Phi) is 1.96. The van der Waals surface area contributed by atoms with E-state index in [1.807, 2.05) is 0 Å². The monoisotopic (exact) mass is 181 g/mol. The van der Waals surface area contributed by atoms with Crippen LogP contribution in [0.15, 0.2) is 18.2 Å². The number of rotatable bonds is 2. The third kappa shape index (κ3) is 1.52. The van der Waals surface area contributed by atoms with Crippen LogP contribution in [0.4, 0.5) is 4.39 Å². The van der Waals surface area contributed by atoms with Crippen molar-refractivity contribution in [3.8, 4) is 5.75 Å². The third-order valence-electron chi connectivity index (χ3n) is 2.61. The minimum Gasteiger partial charge on any atom is -0.508 e. The molecular weight excluding hydrogens is 169 g/mol. The van der Waals surface area contributed by atoms with Gasteiger partial charge in [-0.1, -0.05) is 6.07 Å². The number of phenols is 1. The maximum absolute atomic E-state index is 13.3. The van der Waals surface area contributed by atoms with Crippen molar-refractivity contribution in [3.63, 3.8) is 0 Å². The lowest BCUT2D eigenvalue weighted by Crippen LogP contribution is -2.02. The first kappa shape index (κ1) is 8.51. The van der Waals surface area contributed by atoms with Gasteiger partial charge in [0.2, 0.25) is 0 Å². The van der Waals surface area contributed by atoms with Gasteiger partial charge in [0, 0.05) is 6.07 Å². The second kappa shape index (κ2) is 3.00. The Labute approximate surface area is 76.2 Å². The van der Waals surface area contributed by atoms with E-state index in [0.29, 0.717) is 18.0 Å². The highest BCUT2D eigenvalue weighted by Gasteiger charge is 2.38. The molecule has 0 aliphatic heterocycles. The van der Waals surface area contributed by atoms with E-state index in [1.54, 1.807) is 6.07 Å². The summed E-state index contributed by atoms with van der Waals surface area (Å²) in [7, 11) is 0. The van der Waals surface area contributed by atoms with Gasteiger partial charge in [0.25, 0.3) is 0 Å². The van der Waals surface area contributed by atoms with Crippen molar-refractivity contribution >= 4 is 0 Å². The van der Waals surface area contributed by atoms with Gasteiger partial charge in [-0.3, -0.25) is 0 Å². The molecule has 0 radical (unpaired) electrons. The van der Waals surface area contributed by atoms with Crippen LogP contribution in [0.3, 0.4) is 0 Å². The summed E-state index contributed by atoms with van der Waals surface area (Å²) >= 11 is 0. The van der Waals surface area contributed by atoms with E-state index in [1.165, 1.54) is 6.07 Å². The fraction of sp³-hybridized carbons (Fsp3) is 0.400. The zero-order valence-corrected chi connectivity index (χ0v) is 7.20. The molecule has 2 unspecified atom stereocenters. The molecule has 1 aromatic carbocycles. The normalized spacial score (nSPS) is 26.0. The van der Waals surface area contributed by atoms with Crippen molar-refractivity contribution in [2.45, 2.75) is 12.3 Å². The molecule has 0 heterocycles. The molecule has 1 saturated carbocycles. The van der Waals surface area contributed by atoms with Crippen LogP contribution >= 0.6 is 0 Å². The largest absolute Gasteiger partial charge is 0.508 e. The van der Waals surface area contributed by atoms with Crippen LogP contribution in [-0.2, 0) is 0 Å². The molecule has 0 saturated heterocycles. The second-order valence-electron chi connectivity index (χ2n) is 3.54. The van der Waals surface area contributed by atoms with Crippen molar-refractivity contribution < 1.29 is 9.50 Å². The van der Waals surface area contributed by atoms with Gasteiger partial charge >= 0.3 is 0 Å². The standard InChI is InChI=1S/C10H12FNO/c11-10-4-7(13)1-2-8(10)9-3-6(9)5-12/h1-2,4,6,9,13H,3,5,12H2. The Morgan fingerprint density at radius 1 is 1.54 bits per heavy atom. The van der Waals surface area contributed by atoms with Gasteiger partial charge in [-0.2, -0.15) is 0 Å². The molecule has 2 atom stereocenters. The highest BCUT2D eigenvalue weighted by Crippen LogP contribution is 2.47. The van der Waals surface area contributed by atoms with Crippen molar-refractivity contribution in [2.75, 3.05) is 6.54 Å². The van der Waals surface area contributed by atoms with Crippen molar-refractivity contribution in [2.24, 2.45) is 11.7 Å². The van der Waals surface area contributed by atoms with Crippen LogP contribution in [0.2, 0.25) is 0 Å². The van der Waals surface area contributed by atoms with Gasteiger partial charge in [0.05, 0.1) is 0 Å². The van der Waals surface area contributed by atoms with Gasteiger partial charge in [0.1, 0.15) is 11.6 Å². The van der Waals surface area contributed by atoms with Crippen LogP contribution in [0, 0.1) is 11.7 Å². The molecule has 2 rings (SSSR count). The maximum atomic E-state index is 13.3. The van der Waals surface area contributed by atoms with Gasteiger partial charge in [-0.05, 0) is 36.4 Å². The number of hydrogen-bond acceptors (Lipinski definition) is 2. The molecule has 1 aliphatic carbocycles. The lowest BCUT2D eigenvalue weighted by Gasteiger charge is -2.01. The van der Waals surface area contributed by atoms with Crippen LogP contribution in [0.25, 0.3) is 0 Å². The lowest BCUT2D eigenvalue weighted by atomic mass is 10.1. The summed E-state index contributed by atoms with van der Waals surface area (Å²) < 4.78 is 13.3. The molecule has 1 aliphatic rings. The number of aromatic hydroxyl groups is 1. The van der Waals surface area contributed by atoms with Gasteiger partial charge < -0.3 is 10.8 Å². The predicted octanol–water partition coefficient (Wildman–Crippen LogP) is 1.59. The Balaban J connectivity index is 2.22. The van der Waals surface area contributed by atoms with E-state index in [2.05, 4.69) is 0 Å². The summed E-state index contributed by atoms with van der Waals surface area (Å²) in [5, 5.41) is 9.00. The zero-order chi connectivity index (χ0) is 9.42. The first-order valence-electron chi connectivity index (χ1n) is 4.41. The first-order chi connectivity index (χ1) is 6.22. The summed E-state index contributed by atoms with van der Waals surface area (Å²) in [6.45, 7) is 0.616. The van der Waals surface area contributed by atoms with E-state index < -0.39 is 0 Å². The summed E-state index contributed by atoms with van der Waals surface area (Å²) in [4.78, 5) is 0. The van der Waals surface area contributed by atoms with Crippen LogP contribution in [-0.4, -0.2) is 11.7 Å². The highest BCUT2D eigenvalue weighted by atomic mass is 19.1. The van der Waals surface area contributed by atoms with Crippen LogP contribution < -0.4 is 5.73 Å². The molecule has 13 heavy (non-hydrogen) atoms. The highest BCUT2D eigenvalue weighted by molar-refractivity contribution is 5.33. The van der Waals surface area contributed by atoms with Crippen molar-refractivity contribution in [1.29, 1.82) is 0 Å². The summed E-state index contributed by atoms with van der Waals surface area (Å²) in [6.07, 6.45) is 0.970. The summed E-state index contributed by atoms with van der Waals surface area (Å²) in [5.74, 6) is 0.358. The Morgan fingerprint density at radius 3 is 2.85 bits per heavy atom. The van der Waals surface area contributed by atoms with E-state index in [0.717, 1.165) is 12.5 Å². The molecule has 0 aromatic heterocycles. The zero-order valence-electron chi connectivity index (χ0n) is 7.20. The molecule has 0 spiro atoms. The quantitative estimate of drug-likeness (QED) is 0.727. The van der Waals surface area contributed by atoms with Crippen molar-refractivity contribution in [3.05, 3.63) is 29.6 Å². The molecule has 3 N–H and O–H groups in total. The van der Waals surface area contributed by atoms with Gasteiger partial charge in [0.15, 0.2) is 0 Å². The van der Waals surface area contributed by atoms with E-state index in [9.17, 15) is 4.39 Å². The maximum Gasteiger partial charge on any atom is 0.130 e. The number of halogens is 1. The van der Waals surface area contributed by atoms with Crippen molar-refractivity contribution in [1.82, 2.24) is 0 Å². The minimum absolute atomic E-state index is 0.0220. The van der Waals surface area contributed by atoms with Crippen LogP contribution in [0.1, 0.15) is 17.9 Å². The molecule has 1 aromatic rings. The second-order valence-corrected chi connectivity index (χ2v) is 3.54. The van der Waals surface area contributed by atoms with E-state index in [-0.39, 0.29) is 17.5 Å². The number of phenolic OH excluding ortho intramolecular Hbond substituents is 1. The molecule has 2 nitrogen and oxygen atoms in total. The third-order valence-corrected chi connectivity index (χ3v) is 2.61. The Bertz CT molecular complexity index is 327. The molecule has 0 bridgehead atoms. The molecule has 70 valence electrons. The fourth-order valence-electron chi connectivity index (χ4n) is 1.71. The van der Waals surface area contributed by atoms with E-state index >= 15 is 0 Å². The average Bonchev–Trinajstić information content (AvgIpc) is 2.83. The van der Waals surface area contributed by atoms with Crippen LogP contribution in [0.5, 0.6) is 5.75 Å². The predicted molar refractivity (Wildman–Crippen MR) is 48.0 cm³/mol. The topological polar surface area (TPSA) is 46.2 Å². The van der Waals surface area contributed by atoms with Gasteiger partial charge in [-0.25, -0.2) is 4.39 Å². The molecule has 0 amide bonds. The first-order valence-corrected chi connectivity index (χ1v) is 4.41. The molecule has 3 heteroatoms. The number of nitrogens with two attached hydrogens (primary N) is 1. The van der Waals surface area contributed by atoms with Gasteiger partial charge in [-0.15, -0.1) is 0 Å². The molecule has 1 fully saturated rings. The molecular formula is C10H12FNO.